The number of phenolic OH excluding ortho intramolecular Hbond substituents is 1. The zero-order chi connectivity index (χ0) is 23.4. The van der Waals surface area contributed by atoms with E-state index in [4.69, 9.17) is 4.98 Å². The minimum atomic E-state index is 0.229. The molecule has 2 heterocycles. The van der Waals surface area contributed by atoms with Gasteiger partial charge < -0.3 is 5.11 Å². The SMILES string of the molecule is Oc1c(-c2ccc3ccc4ccccc4c3c2)cccc1-c1ccc2ccc3cccnc3c2n1. The van der Waals surface area contributed by atoms with Crippen LogP contribution in [-0.2, 0) is 0 Å². The number of phenols is 1. The Morgan fingerprint density at radius 3 is 2.11 bits per heavy atom. The molecule has 1 N–H and O–H groups in total. The van der Waals surface area contributed by atoms with Crippen molar-refractivity contribution in [3.05, 3.63) is 115 Å². The molecule has 3 heteroatoms. The molecule has 0 spiro atoms. The van der Waals surface area contributed by atoms with Gasteiger partial charge in [-0.15, -0.1) is 0 Å². The van der Waals surface area contributed by atoms with E-state index in [-0.39, 0.29) is 5.75 Å². The van der Waals surface area contributed by atoms with Crippen LogP contribution in [-0.4, -0.2) is 15.1 Å². The Kier molecular flexibility index (Phi) is 4.30. The molecule has 7 aromatic rings. The number of aromatic hydroxyl groups is 1. The van der Waals surface area contributed by atoms with Gasteiger partial charge in [0, 0.05) is 28.1 Å². The van der Waals surface area contributed by atoms with E-state index in [9.17, 15) is 5.11 Å². The van der Waals surface area contributed by atoms with Crippen molar-refractivity contribution in [2.45, 2.75) is 0 Å². The Bertz CT molecular complexity index is 1790. The number of nitrogens with zero attached hydrogens (tertiary/aromatic N) is 2. The van der Waals surface area contributed by atoms with Crippen LogP contribution in [0.4, 0.5) is 0 Å². The van der Waals surface area contributed by atoms with Crippen LogP contribution >= 0.6 is 0 Å². The van der Waals surface area contributed by atoms with Crippen LogP contribution in [0, 0.1) is 0 Å². The largest absolute Gasteiger partial charge is 0.507 e. The molecule has 0 unspecified atom stereocenters. The number of hydrogen-bond acceptors (Lipinski definition) is 3. The zero-order valence-electron chi connectivity index (χ0n) is 18.8. The minimum Gasteiger partial charge on any atom is -0.507 e. The van der Waals surface area contributed by atoms with Crippen molar-refractivity contribution < 1.29 is 5.11 Å². The van der Waals surface area contributed by atoms with Gasteiger partial charge in [0.2, 0.25) is 0 Å². The van der Waals surface area contributed by atoms with Crippen molar-refractivity contribution in [2.75, 3.05) is 0 Å². The van der Waals surface area contributed by atoms with Crippen LogP contribution in [0.5, 0.6) is 5.75 Å². The van der Waals surface area contributed by atoms with E-state index in [1.165, 1.54) is 21.5 Å². The first-order valence-electron chi connectivity index (χ1n) is 11.6. The second-order valence-electron chi connectivity index (χ2n) is 8.83. The van der Waals surface area contributed by atoms with Crippen LogP contribution in [0.3, 0.4) is 0 Å². The lowest BCUT2D eigenvalue weighted by molar-refractivity contribution is 0.479. The lowest BCUT2D eigenvalue weighted by atomic mass is 9.95. The molecule has 0 fully saturated rings. The summed E-state index contributed by atoms with van der Waals surface area (Å²) in [6, 6.07) is 37.0. The van der Waals surface area contributed by atoms with Gasteiger partial charge in [-0.25, -0.2) is 4.98 Å². The number of hydrogen-bond donors (Lipinski definition) is 1. The Morgan fingerprint density at radius 2 is 1.20 bits per heavy atom. The van der Waals surface area contributed by atoms with E-state index in [1.807, 2.05) is 42.5 Å². The molecule has 0 bridgehead atoms. The summed E-state index contributed by atoms with van der Waals surface area (Å²) in [4.78, 5) is 9.50. The van der Waals surface area contributed by atoms with Crippen molar-refractivity contribution in [3.8, 4) is 28.1 Å². The highest BCUT2D eigenvalue weighted by atomic mass is 16.3. The van der Waals surface area contributed by atoms with E-state index in [0.29, 0.717) is 5.56 Å². The molecule has 0 aliphatic rings. The first-order valence-corrected chi connectivity index (χ1v) is 11.6. The Hall–Kier alpha value is -4.76. The first kappa shape index (κ1) is 19.7. The van der Waals surface area contributed by atoms with Crippen LogP contribution < -0.4 is 0 Å². The van der Waals surface area contributed by atoms with E-state index in [1.54, 1.807) is 6.20 Å². The third kappa shape index (κ3) is 3.13. The fraction of sp³-hybridized carbons (Fsp3) is 0. The van der Waals surface area contributed by atoms with E-state index >= 15 is 0 Å². The molecule has 0 amide bonds. The van der Waals surface area contributed by atoms with Crippen molar-refractivity contribution in [2.24, 2.45) is 0 Å². The van der Waals surface area contributed by atoms with E-state index in [0.717, 1.165) is 38.6 Å². The third-order valence-electron chi connectivity index (χ3n) is 6.80. The predicted octanol–water partition coefficient (Wildman–Crippen LogP) is 8.13. The van der Waals surface area contributed by atoms with Crippen molar-refractivity contribution >= 4 is 43.4 Å². The summed E-state index contributed by atoms with van der Waals surface area (Å²) < 4.78 is 0. The van der Waals surface area contributed by atoms with Gasteiger partial charge in [0.1, 0.15) is 5.75 Å². The fourth-order valence-electron chi connectivity index (χ4n) is 5.03. The minimum absolute atomic E-state index is 0.229. The maximum atomic E-state index is 11.4. The molecule has 0 saturated carbocycles. The molecular formula is C32H20N2O. The molecule has 35 heavy (non-hydrogen) atoms. The quantitative estimate of drug-likeness (QED) is 0.272. The van der Waals surface area contributed by atoms with E-state index in [2.05, 4.69) is 71.7 Å². The average Bonchev–Trinajstić information content (AvgIpc) is 2.92. The normalized spacial score (nSPS) is 11.5. The van der Waals surface area contributed by atoms with Crippen molar-refractivity contribution in [3.63, 3.8) is 0 Å². The van der Waals surface area contributed by atoms with Crippen molar-refractivity contribution in [1.29, 1.82) is 0 Å². The number of rotatable bonds is 2. The monoisotopic (exact) mass is 448 g/mol. The Balaban J connectivity index is 1.42. The van der Waals surface area contributed by atoms with Crippen molar-refractivity contribution in [1.82, 2.24) is 9.97 Å². The summed E-state index contributed by atoms with van der Waals surface area (Å²) in [7, 11) is 0. The second kappa shape index (κ2) is 7.64. The summed E-state index contributed by atoms with van der Waals surface area (Å²) in [5.74, 6) is 0.229. The third-order valence-corrected chi connectivity index (χ3v) is 6.80. The zero-order valence-corrected chi connectivity index (χ0v) is 18.8. The summed E-state index contributed by atoms with van der Waals surface area (Å²) >= 11 is 0. The molecule has 3 nitrogen and oxygen atoms in total. The molecule has 164 valence electrons. The smallest absolute Gasteiger partial charge is 0.132 e. The summed E-state index contributed by atoms with van der Waals surface area (Å²) in [5.41, 5.74) is 4.89. The standard InChI is InChI=1S/C32H20N2O/c35-32-26(24-15-12-21-11-10-20-5-1-2-7-25(20)28(21)19-24)8-3-9-27(32)29-17-16-23-14-13-22-6-4-18-33-30(22)31(23)34-29/h1-19,35H. The fourth-order valence-corrected chi connectivity index (χ4v) is 5.03. The summed E-state index contributed by atoms with van der Waals surface area (Å²) in [6.07, 6.45) is 1.79. The summed E-state index contributed by atoms with van der Waals surface area (Å²) in [6.45, 7) is 0. The predicted molar refractivity (Wildman–Crippen MR) is 145 cm³/mol. The number of benzene rings is 5. The molecule has 0 aliphatic carbocycles. The molecule has 0 atom stereocenters. The van der Waals surface area contributed by atoms with Gasteiger partial charge in [-0.2, -0.15) is 0 Å². The van der Waals surface area contributed by atoms with Gasteiger partial charge in [-0.3, -0.25) is 4.98 Å². The molecule has 0 radical (unpaired) electrons. The molecule has 0 aliphatic heterocycles. The first-order chi connectivity index (χ1) is 17.3. The van der Waals surface area contributed by atoms with Gasteiger partial charge in [0.15, 0.2) is 0 Å². The van der Waals surface area contributed by atoms with Crippen LogP contribution in [0.2, 0.25) is 0 Å². The highest BCUT2D eigenvalue weighted by molar-refractivity contribution is 6.09. The number of para-hydroxylation sites is 1. The van der Waals surface area contributed by atoms with Gasteiger partial charge in [-0.05, 0) is 51.4 Å². The lowest BCUT2D eigenvalue weighted by Crippen LogP contribution is -1.90. The molecule has 2 aromatic heterocycles. The van der Waals surface area contributed by atoms with Crippen LogP contribution in [0.15, 0.2) is 115 Å². The molecule has 0 saturated heterocycles. The van der Waals surface area contributed by atoms with Gasteiger partial charge >= 0.3 is 0 Å². The van der Waals surface area contributed by atoms with E-state index < -0.39 is 0 Å². The molecule has 5 aromatic carbocycles. The highest BCUT2D eigenvalue weighted by Gasteiger charge is 2.14. The number of aromatic nitrogens is 2. The highest BCUT2D eigenvalue weighted by Crippen LogP contribution is 2.39. The Labute approximate surface area is 202 Å². The molecule has 7 rings (SSSR count). The maximum Gasteiger partial charge on any atom is 0.132 e. The van der Waals surface area contributed by atoms with Gasteiger partial charge in [0.05, 0.1) is 16.7 Å². The average molecular weight is 449 g/mol. The topological polar surface area (TPSA) is 46.0 Å². The summed E-state index contributed by atoms with van der Waals surface area (Å²) in [5, 5.41) is 18.2. The van der Waals surface area contributed by atoms with Gasteiger partial charge in [-0.1, -0.05) is 84.9 Å². The number of fused-ring (bicyclic) bond motifs is 6. The maximum absolute atomic E-state index is 11.4. The Morgan fingerprint density at radius 1 is 0.514 bits per heavy atom. The molecular weight excluding hydrogens is 428 g/mol. The van der Waals surface area contributed by atoms with Gasteiger partial charge in [0.25, 0.3) is 0 Å². The van der Waals surface area contributed by atoms with Crippen LogP contribution in [0.25, 0.3) is 65.7 Å². The number of pyridine rings is 2. The lowest BCUT2D eigenvalue weighted by Gasteiger charge is -2.12. The second-order valence-corrected chi connectivity index (χ2v) is 8.83. The van der Waals surface area contributed by atoms with Crippen LogP contribution in [0.1, 0.15) is 0 Å².